The molecule has 5 rings (SSSR count). The first-order chi connectivity index (χ1) is 23.4. The average molecular weight is 706 g/mol. The fourth-order valence-corrected chi connectivity index (χ4v) is 6.55. The van der Waals surface area contributed by atoms with Gasteiger partial charge < -0.3 is 97.6 Å². The predicted molar refractivity (Wildman–Crippen MR) is 165 cm³/mol. The van der Waals surface area contributed by atoms with E-state index in [-0.39, 0.29) is 26.2 Å². The summed E-state index contributed by atoms with van der Waals surface area (Å²) in [5, 5.41) is 74.4. The number of ether oxygens (including phenoxy) is 7. The summed E-state index contributed by atoms with van der Waals surface area (Å²) in [6.07, 6.45) is -20.1. The van der Waals surface area contributed by atoms with Crippen molar-refractivity contribution in [2.24, 2.45) is 28.7 Å². The number of benzene rings is 1. The van der Waals surface area contributed by atoms with Gasteiger partial charge in [0.15, 0.2) is 18.9 Å². The first-order valence-corrected chi connectivity index (χ1v) is 16.3. The first-order valence-electron chi connectivity index (χ1n) is 16.3. The quantitative estimate of drug-likeness (QED) is 0.0961. The van der Waals surface area contributed by atoms with Crippen LogP contribution in [0.15, 0.2) is 30.3 Å². The monoisotopic (exact) mass is 705 g/mol. The van der Waals surface area contributed by atoms with Crippen LogP contribution in [0, 0.1) is 0 Å². The second-order valence-corrected chi connectivity index (χ2v) is 13.0. The summed E-state index contributed by atoms with van der Waals surface area (Å²) in [5.74, 6) is 0. The van der Waals surface area contributed by atoms with Gasteiger partial charge in [0.2, 0.25) is 0 Å². The standard InChI is InChI=1S/C30H51N5O14/c31-7-14-20(38)22(40)17(34)28(44-14)48-26-15(8-36)45-30(24(26)42)49-27-19(37)12(32)6-13(33)25(27)47-29-18(35)23(41)21(39)16(46-29)10-43-9-11-4-2-1-3-5-11/h1-5,12-30,36-42H,6-10,31-35H2/t12-,13+,14+,15+,16+,17-,18+,19+,20-,21+,22-,23+,24+,25-,26+,27-,28-,29+,30-/m0/s1. The highest BCUT2D eigenvalue weighted by molar-refractivity contribution is 5.13. The molecule has 0 aromatic heterocycles. The molecule has 1 aromatic rings. The number of hydrogen-bond donors (Lipinski definition) is 12. The predicted octanol–water partition coefficient (Wildman–Crippen LogP) is -6.64. The molecule has 0 amide bonds. The van der Waals surface area contributed by atoms with Gasteiger partial charge in [0.25, 0.3) is 0 Å². The second kappa shape index (κ2) is 16.9. The third kappa shape index (κ3) is 8.42. The van der Waals surface area contributed by atoms with Crippen molar-refractivity contribution in [1.82, 2.24) is 0 Å². The number of rotatable bonds is 12. The molecule has 0 spiro atoms. The molecule has 1 aliphatic carbocycles. The third-order valence-corrected chi connectivity index (χ3v) is 9.53. The van der Waals surface area contributed by atoms with Gasteiger partial charge in [-0.15, -0.1) is 0 Å². The average Bonchev–Trinajstić information content (AvgIpc) is 3.39. The van der Waals surface area contributed by atoms with Crippen molar-refractivity contribution in [3.8, 4) is 0 Å². The van der Waals surface area contributed by atoms with E-state index in [0.29, 0.717) is 0 Å². The van der Waals surface area contributed by atoms with Gasteiger partial charge in [0.1, 0.15) is 67.1 Å². The van der Waals surface area contributed by atoms with E-state index in [9.17, 15) is 35.7 Å². The van der Waals surface area contributed by atoms with Crippen LogP contribution < -0.4 is 28.7 Å². The lowest BCUT2D eigenvalue weighted by molar-refractivity contribution is -0.312. The minimum absolute atomic E-state index is 0.0783. The molecule has 4 fully saturated rings. The maximum Gasteiger partial charge on any atom is 0.187 e. The van der Waals surface area contributed by atoms with Crippen LogP contribution in [0.4, 0.5) is 0 Å². The number of hydrogen-bond acceptors (Lipinski definition) is 19. The second-order valence-electron chi connectivity index (χ2n) is 13.0. The molecule has 0 bridgehead atoms. The van der Waals surface area contributed by atoms with Crippen LogP contribution in [0.2, 0.25) is 0 Å². The molecule has 19 heteroatoms. The minimum Gasteiger partial charge on any atom is -0.394 e. The molecule has 3 saturated heterocycles. The number of aliphatic hydroxyl groups excluding tert-OH is 7. The highest BCUT2D eigenvalue weighted by Crippen LogP contribution is 2.34. The van der Waals surface area contributed by atoms with Crippen molar-refractivity contribution in [3.05, 3.63) is 35.9 Å². The van der Waals surface area contributed by atoms with Crippen LogP contribution >= 0.6 is 0 Å². The SMILES string of the molecule is NC[C@H]1O[C@@H](O[C@H]2[C@@H](O)[C@H](O[C@H]3[C@H](O)[C@@H](N)C[C@@H](N)[C@@H]3O[C@H]3O[C@H](COCc4ccccc4)[C@@H](O)[C@H](O)[C@H]3N)O[C@@H]2CO)[C@@H](N)[C@H](O)[C@H]1O. The Labute approximate surface area is 282 Å². The Hall–Kier alpha value is -1.54. The Balaban J connectivity index is 1.27. The van der Waals surface area contributed by atoms with Gasteiger partial charge in [0.05, 0.1) is 38.0 Å². The molecule has 4 aliphatic rings. The van der Waals surface area contributed by atoms with Crippen molar-refractivity contribution < 1.29 is 68.9 Å². The molecule has 0 radical (unpaired) electrons. The molecule has 3 heterocycles. The Bertz CT molecular complexity index is 1170. The van der Waals surface area contributed by atoms with Crippen LogP contribution in [-0.4, -0.2) is 172 Å². The Morgan fingerprint density at radius 1 is 0.612 bits per heavy atom. The number of aliphatic hydroxyl groups is 7. The molecular formula is C30H51N5O14. The summed E-state index contributed by atoms with van der Waals surface area (Å²) in [6.45, 7) is -0.726. The van der Waals surface area contributed by atoms with Crippen LogP contribution in [0.5, 0.6) is 0 Å². The number of nitrogens with two attached hydrogens (primary N) is 5. The summed E-state index contributed by atoms with van der Waals surface area (Å²) in [6, 6.07) is 5.04. The lowest BCUT2D eigenvalue weighted by Gasteiger charge is -2.47. The molecule has 19 atom stereocenters. The van der Waals surface area contributed by atoms with E-state index in [2.05, 4.69) is 0 Å². The van der Waals surface area contributed by atoms with E-state index in [0.717, 1.165) is 5.56 Å². The first kappa shape index (κ1) is 38.7. The molecule has 280 valence electrons. The topological polar surface area (TPSA) is 336 Å². The van der Waals surface area contributed by atoms with E-state index in [1.807, 2.05) is 30.3 Å². The fourth-order valence-electron chi connectivity index (χ4n) is 6.55. The molecule has 1 saturated carbocycles. The maximum atomic E-state index is 11.2. The van der Waals surface area contributed by atoms with E-state index in [1.165, 1.54) is 0 Å². The lowest BCUT2D eigenvalue weighted by atomic mass is 9.84. The Morgan fingerprint density at radius 3 is 1.78 bits per heavy atom. The summed E-state index contributed by atoms with van der Waals surface area (Å²) in [4.78, 5) is 0. The van der Waals surface area contributed by atoms with Crippen LogP contribution in [0.3, 0.4) is 0 Å². The van der Waals surface area contributed by atoms with Gasteiger partial charge in [-0.1, -0.05) is 30.3 Å². The van der Waals surface area contributed by atoms with Gasteiger partial charge in [-0.3, -0.25) is 0 Å². The minimum atomic E-state index is -1.62. The van der Waals surface area contributed by atoms with Crippen molar-refractivity contribution in [2.45, 2.75) is 129 Å². The van der Waals surface area contributed by atoms with Gasteiger partial charge in [-0.25, -0.2) is 0 Å². The molecular weight excluding hydrogens is 654 g/mol. The molecule has 49 heavy (non-hydrogen) atoms. The fraction of sp³-hybridized carbons (Fsp3) is 0.800. The van der Waals surface area contributed by atoms with Crippen molar-refractivity contribution in [1.29, 1.82) is 0 Å². The van der Waals surface area contributed by atoms with Crippen LogP contribution in [0.1, 0.15) is 12.0 Å². The molecule has 17 N–H and O–H groups in total. The molecule has 19 nitrogen and oxygen atoms in total. The molecule has 3 aliphatic heterocycles. The molecule has 1 aromatic carbocycles. The van der Waals surface area contributed by atoms with Crippen molar-refractivity contribution in [3.63, 3.8) is 0 Å². The maximum absolute atomic E-state index is 11.2. The highest BCUT2D eigenvalue weighted by atomic mass is 16.8. The lowest BCUT2D eigenvalue weighted by Crippen LogP contribution is -2.68. The van der Waals surface area contributed by atoms with E-state index >= 15 is 0 Å². The van der Waals surface area contributed by atoms with E-state index < -0.39 is 123 Å². The van der Waals surface area contributed by atoms with Gasteiger partial charge in [-0.2, -0.15) is 0 Å². The van der Waals surface area contributed by atoms with Crippen LogP contribution in [-0.2, 0) is 39.8 Å². The Morgan fingerprint density at radius 2 is 1.16 bits per heavy atom. The Kier molecular flexibility index (Phi) is 13.3. The summed E-state index contributed by atoms with van der Waals surface area (Å²) in [7, 11) is 0. The van der Waals surface area contributed by atoms with E-state index in [1.54, 1.807) is 0 Å². The van der Waals surface area contributed by atoms with Gasteiger partial charge >= 0.3 is 0 Å². The summed E-state index contributed by atoms with van der Waals surface area (Å²) < 4.78 is 41.1. The third-order valence-electron chi connectivity index (χ3n) is 9.53. The van der Waals surface area contributed by atoms with E-state index in [4.69, 9.17) is 61.8 Å². The normalized spacial score (nSPS) is 47.7. The summed E-state index contributed by atoms with van der Waals surface area (Å²) >= 11 is 0. The summed E-state index contributed by atoms with van der Waals surface area (Å²) in [5.41, 5.74) is 31.3. The van der Waals surface area contributed by atoms with Crippen molar-refractivity contribution >= 4 is 0 Å². The largest absolute Gasteiger partial charge is 0.394 e. The zero-order valence-electron chi connectivity index (χ0n) is 26.8. The zero-order chi connectivity index (χ0) is 35.6. The van der Waals surface area contributed by atoms with Gasteiger partial charge in [0, 0.05) is 18.6 Å². The molecule has 0 unspecified atom stereocenters. The zero-order valence-corrected chi connectivity index (χ0v) is 26.8. The van der Waals surface area contributed by atoms with Crippen molar-refractivity contribution in [2.75, 3.05) is 19.8 Å². The highest BCUT2D eigenvalue weighted by Gasteiger charge is 2.54. The van der Waals surface area contributed by atoms with Gasteiger partial charge in [-0.05, 0) is 12.0 Å². The van der Waals surface area contributed by atoms with Crippen LogP contribution in [0.25, 0.3) is 0 Å². The smallest absolute Gasteiger partial charge is 0.187 e.